The van der Waals surface area contributed by atoms with E-state index in [1.807, 2.05) is 43.3 Å². The summed E-state index contributed by atoms with van der Waals surface area (Å²) in [5, 5.41) is 7.08. The van der Waals surface area contributed by atoms with Crippen molar-refractivity contribution in [2.75, 3.05) is 12.3 Å². The molecule has 4 rings (SSSR count). The normalized spacial score (nSPS) is 12.1. The first kappa shape index (κ1) is 19.6. The van der Waals surface area contributed by atoms with E-state index in [1.54, 1.807) is 16.9 Å². The zero-order valence-corrected chi connectivity index (χ0v) is 17.0. The summed E-state index contributed by atoms with van der Waals surface area (Å²) < 4.78 is 1.62. The smallest absolute Gasteiger partial charge is 0.269 e. The van der Waals surface area contributed by atoms with Crippen LogP contribution >= 0.6 is 0 Å². The average Bonchev–Trinajstić information content (AvgIpc) is 3.13. The molecule has 7 heteroatoms. The Bertz CT molecular complexity index is 1190. The van der Waals surface area contributed by atoms with Gasteiger partial charge in [0.15, 0.2) is 5.65 Å². The number of nitrogens with two attached hydrogens (primary N) is 1. The number of aromatic nitrogens is 4. The first-order valence-electron chi connectivity index (χ1n) is 9.93. The topological polar surface area (TPSA) is 98.2 Å². The number of amides is 1. The minimum atomic E-state index is -0.177. The lowest BCUT2D eigenvalue weighted by Crippen LogP contribution is -2.26. The van der Waals surface area contributed by atoms with Crippen LogP contribution in [-0.4, -0.2) is 32.0 Å². The molecule has 1 unspecified atom stereocenters. The average molecular weight is 400 g/mol. The van der Waals surface area contributed by atoms with Crippen LogP contribution in [0.25, 0.3) is 16.8 Å². The fraction of sp³-hybridized carbons (Fsp3) is 0.217. The van der Waals surface area contributed by atoms with Crippen molar-refractivity contribution >= 4 is 17.5 Å². The molecule has 4 aromatic rings. The molecular formula is C23H24N6O. The molecule has 0 saturated heterocycles. The van der Waals surface area contributed by atoms with Crippen LogP contribution in [-0.2, 0) is 0 Å². The van der Waals surface area contributed by atoms with Gasteiger partial charge in [-0.3, -0.25) is 9.78 Å². The lowest BCUT2D eigenvalue weighted by molar-refractivity contribution is 0.0947. The molecule has 0 saturated carbocycles. The van der Waals surface area contributed by atoms with Crippen LogP contribution in [0, 0.1) is 6.92 Å². The van der Waals surface area contributed by atoms with Crippen LogP contribution in [0.15, 0.2) is 60.9 Å². The van der Waals surface area contributed by atoms with Gasteiger partial charge in [0.25, 0.3) is 5.91 Å². The number of fused-ring (bicyclic) bond motifs is 1. The van der Waals surface area contributed by atoms with Crippen LogP contribution in [0.2, 0.25) is 0 Å². The van der Waals surface area contributed by atoms with E-state index in [1.165, 1.54) is 5.56 Å². The summed E-state index contributed by atoms with van der Waals surface area (Å²) >= 11 is 0. The molecule has 7 nitrogen and oxygen atoms in total. The molecule has 0 radical (unpaired) electrons. The predicted molar refractivity (Wildman–Crippen MR) is 117 cm³/mol. The number of carbonyl (C=O) groups is 1. The van der Waals surface area contributed by atoms with Gasteiger partial charge in [-0.2, -0.15) is 4.98 Å². The molecule has 1 atom stereocenters. The summed E-state index contributed by atoms with van der Waals surface area (Å²) in [6.07, 6.45) is 4.39. The van der Waals surface area contributed by atoms with Crippen molar-refractivity contribution in [2.45, 2.75) is 26.2 Å². The van der Waals surface area contributed by atoms with Crippen molar-refractivity contribution in [3.8, 4) is 11.1 Å². The summed E-state index contributed by atoms with van der Waals surface area (Å²) in [7, 11) is 0. The van der Waals surface area contributed by atoms with Gasteiger partial charge in [0.1, 0.15) is 5.69 Å². The molecular weight excluding hydrogens is 376 g/mol. The molecule has 0 bridgehead atoms. The SMILES string of the molecule is Cc1cnc(C(=O)NCCC(C)c2ccccc2)cc1-c1ccn2nc(N)nc2c1. The number of aryl methyl sites for hydroxylation is 1. The van der Waals surface area contributed by atoms with Crippen LogP contribution in [0.5, 0.6) is 0 Å². The van der Waals surface area contributed by atoms with Gasteiger partial charge in [-0.15, -0.1) is 5.10 Å². The summed E-state index contributed by atoms with van der Waals surface area (Å²) in [5.41, 5.74) is 10.8. The number of rotatable bonds is 6. The van der Waals surface area contributed by atoms with E-state index < -0.39 is 0 Å². The van der Waals surface area contributed by atoms with Gasteiger partial charge in [-0.05, 0) is 59.7 Å². The van der Waals surface area contributed by atoms with Crippen molar-refractivity contribution in [3.63, 3.8) is 0 Å². The standard InChI is InChI=1S/C23H24N6O/c1-15(17-6-4-3-5-7-17)8-10-25-22(30)20-13-19(16(2)14-26-20)18-9-11-29-21(12-18)27-23(24)28-29/h3-7,9,11-15H,8,10H2,1-2H3,(H2,24,28)(H,25,30). The quantitative estimate of drug-likeness (QED) is 0.515. The molecule has 3 heterocycles. The second kappa shape index (κ2) is 8.32. The number of nitrogen functional groups attached to an aromatic ring is 1. The number of hydrogen-bond acceptors (Lipinski definition) is 5. The lowest BCUT2D eigenvalue weighted by Gasteiger charge is -2.13. The van der Waals surface area contributed by atoms with Gasteiger partial charge in [0.2, 0.25) is 5.95 Å². The van der Waals surface area contributed by atoms with Crippen LogP contribution < -0.4 is 11.1 Å². The molecule has 30 heavy (non-hydrogen) atoms. The number of benzene rings is 1. The zero-order valence-electron chi connectivity index (χ0n) is 17.0. The van der Waals surface area contributed by atoms with E-state index in [0.29, 0.717) is 23.8 Å². The maximum atomic E-state index is 12.7. The third kappa shape index (κ3) is 4.15. The van der Waals surface area contributed by atoms with Gasteiger partial charge in [-0.1, -0.05) is 37.3 Å². The Morgan fingerprint density at radius 1 is 1.20 bits per heavy atom. The van der Waals surface area contributed by atoms with Gasteiger partial charge < -0.3 is 11.1 Å². The van der Waals surface area contributed by atoms with Crippen molar-refractivity contribution in [1.29, 1.82) is 0 Å². The number of nitrogens with zero attached hydrogens (tertiary/aromatic N) is 4. The predicted octanol–water partition coefficient (Wildman–Crippen LogP) is 3.61. The van der Waals surface area contributed by atoms with Gasteiger partial charge in [0, 0.05) is 18.9 Å². The molecule has 0 aliphatic rings. The fourth-order valence-corrected chi connectivity index (χ4v) is 3.47. The number of anilines is 1. The van der Waals surface area contributed by atoms with Crippen LogP contribution in [0.4, 0.5) is 5.95 Å². The molecule has 3 N–H and O–H groups in total. The van der Waals surface area contributed by atoms with Crippen LogP contribution in [0.3, 0.4) is 0 Å². The summed E-state index contributed by atoms with van der Waals surface area (Å²) in [4.78, 5) is 21.2. The molecule has 0 fully saturated rings. The first-order valence-corrected chi connectivity index (χ1v) is 9.93. The minimum absolute atomic E-state index is 0.177. The van der Waals surface area contributed by atoms with Gasteiger partial charge in [-0.25, -0.2) is 4.52 Å². The Morgan fingerprint density at radius 2 is 2.00 bits per heavy atom. The summed E-state index contributed by atoms with van der Waals surface area (Å²) in [6.45, 7) is 4.72. The maximum Gasteiger partial charge on any atom is 0.269 e. The molecule has 0 spiro atoms. The zero-order chi connectivity index (χ0) is 21.1. The highest BCUT2D eigenvalue weighted by molar-refractivity contribution is 5.93. The number of hydrogen-bond donors (Lipinski definition) is 2. The van der Waals surface area contributed by atoms with Crippen molar-refractivity contribution < 1.29 is 4.79 Å². The fourth-order valence-electron chi connectivity index (χ4n) is 3.47. The van der Waals surface area contributed by atoms with Crippen molar-refractivity contribution in [1.82, 2.24) is 24.9 Å². The Kier molecular flexibility index (Phi) is 5.43. The second-order valence-corrected chi connectivity index (χ2v) is 7.43. The molecule has 0 aliphatic heterocycles. The van der Waals surface area contributed by atoms with E-state index in [2.05, 4.69) is 39.4 Å². The molecule has 0 aliphatic carbocycles. The second-order valence-electron chi connectivity index (χ2n) is 7.43. The Balaban J connectivity index is 1.47. The van der Waals surface area contributed by atoms with Gasteiger partial charge >= 0.3 is 0 Å². The van der Waals surface area contributed by atoms with Crippen molar-refractivity contribution in [3.05, 3.63) is 77.7 Å². The van der Waals surface area contributed by atoms with Crippen molar-refractivity contribution in [2.24, 2.45) is 0 Å². The first-order chi connectivity index (χ1) is 14.5. The number of nitrogens with one attached hydrogen (secondary N) is 1. The number of carbonyl (C=O) groups excluding carboxylic acids is 1. The molecule has 152 valence electrons. The van der Waals surface area contributed by atoms with E-state index in [-0.39, 0.29) is 11.9 Å². The van der Waals surface area contributed by atoms with E-state index >= 15 is 0 Å². The highest BCUT2D eigenvalue weighted by Gasteiger charge is 2.13. The molecule has 1 aromatic carbocycles. The highest BCUT2D eigenvalue weighted by Crippen LogP contribution is 2.25. The summed E-state index contributed by atoms with van der Waals surface area (Å²) in [6, 6.07) is 15.9. The number of pyridine rings is 2. The Labute approximate surface area is 175 Å². The van der Waals surface area contributed by atoms with Crippen LogP contribution in [0.1, 0.15) is 40.9 Å². The highest BCUT2D eigenvalue weighted by atomic mass is 16.1. The molecule has 3 aromatic heterocycles. The lowest BCUT2D eigenvalue weighted by atomic mass is 9.98. The van der Waals surface area contributed by atoms with Gasteiger partial charge in [0.05, 0.1) is 0 Å². The molecule has 1 amide bonds. The van der Waals surface area contributed by atoms with E-state index in [4.69, 9.17) is 5.73 Å². The maximum absolute atomic E-state index is 12.7. The minimum Gasteiger partial charge on any atom is -0.366 e. The van der Waals surface area contributed by atoms with E-state index in [9.17, 15) is 4.79 Å². The third-order valence-electron chi connectivity index (χ3n) is 5.23. The summed E-state index contributed by atoms with van der Waals surface area (Å²) in [5.74, 6) is 0.420. The monoisotopic (exact) mass is 400 g/mol. The van der Waals surface area contributed by atoms with E-state index in [0.717, 1.165) is 23.1 Å². The Morgan fingerprint density at radius 3 is 2.80 bits per heavy atom. The largest absolute Gasteiger partial charge is 0.366 e. The third-order valence-corrected chi connectivity index (χ3v) is 5.23. The Hall–Kier alpha value is -3.74.